The third kappa shape index (κ3) is 3.09. The highest BCUT2D eigenvalue weighted by Crippen LogP contribution is 2.24. The van der Waals surface area contributed by atoms with Crippen LogP contribution in [0.2, 0.25) is 5.02 Å². The molecule has 0 saturated carbocycles. The van der Waals surface area contributed by atoms with Crippen molar-refractivity contribution in [3.63, 3.8) is 0 Å². The van der Waals surface area contributed by atoms with E-state index < -0.39 is 18.2 Å². The maximum atomic E-state index is 12.4. The molecule has 3 rings (SSSR count). The fourth-order valence-electron chi connectivity index (χ4n) is 3.12. The molecule has 1 aromatic rings. The van der Waals surface area contributed by atoms with Gasteiger partial charge in [-0.25, -0.2) is 0 Å². The number of halogens is 1. The summed E-state index contributed by atoms with van der Waals surface area (Å²) < 4.78 is 0. The zero-order valence-electron chi connectivity index (χ0n) is 13.0. The number of rotatable bonds is 3. The summed E-state index contributed by atoms with van der Waals surface area (Å²) in [5.41, 5.74) is 0.460. The lowest BCUT2D eigenvalue weighted by Gasteiger charge is -2.35. The minimum atomic E-state index is -0.967. The standard InChI is InChI=1S/C16H18ClN3O4/c1-8(21)13-16(24)20-7-11(6-12(20)15(23)19-13)18-14(22)9-2-4-10(17)5-3-9/h2-5,8,11-13,21H,6-7H2,1H3,(H,18,22)(H,19,23)/t8-,11+,12+,13+/m1/s1. The van der Waals surface area contributed by atoms with Gasteiger partial charge in [-0.2, -0.15) is 0 Å². The van der Waals surface area contributed by atoms with Gasteiger partial charge in [0.1, 0.15) is 12.1 Å². The third-order valence-electron chi connectivity index (χ3n) is 4.37. The molecule has 3 N–H and O–H groups in total. The maximum absolute atomic E-state index is 12.4. The summed E-state index contributed by atoms with van der Waals surface area (Å²) in [5.74, 6) is -0.905. The summed E-state index contributed by atoms with van der Waals surface area (Å²) in [6.07, 6.45) is -0.617. The molecule has 4 atom stereocenters. The number of fused-ring (bicyclic) bond motifs is 1. The molecular weight excluding hydrogens is 334 g/mol. The highest BCUT2D eigenvalue weighted by atomic mass is 35.5. The third-order valence-corrected chi connectivity index (χ3v) is 4.63. The first kappa shape index (κ1) is 16.7. The monoisotopic (exact) mass is 351 g/mol. The number of carbonyl (C=O) groups excluding carboxylic acids is 3. The van der Waals surface area contributed by atoms with Gasteiger partial charge in [-0.15, -0.1) is 0 Å². The van der Waals surface area contributed by atoms with Crippen LogP contribution in [0.5, 0.6) is 0 Å². The molecule has 1 aromatic carbocycles. The van der Waals surface area contributed by atoms with E-state index in [0.717, 1.165) is 0 Å². The molecule has 8 heteroatoms. The first-order chi connectivity index (χ1) is 11.4. The molecule has 128 valence electrons. The van der Waals surface area contributed by atoms with E-state index in [1.54, 1.807) is 24.3 Å². The van der Waals surface area contributed by atoms with Gasteiger partial charge in [0.05, 0.1) is 6.10 Å². The molecule has 2 fully saturated rings. The van der Waals surface area contributed by atoms with E-state index in [-0.39, 0.29) is 30.3 Å². The van der Waals surface area contributed by atoms with Crippen LogP contribution >= 0.6 is 11.6 Å². The Hall–Kier alpha value is -2.12. The van der Waals surface area contributed by atoms with Crippen molar-refractivity contribution in [3.8, 4) is 0 Å². The molecule has 0 bridgehead atoms. The number of carbonyl (C=O) groups is 3. The fourth-order valence-corrected chi connectivity index (χ4v) is 3.25. The van der Waals surface area contributed by atoms with E-state index in [1.807, 2.05) is 0 Å². The number of aliphatic hydroxyl groups excluding tert-OH is 1. The lowest BCUT2D eigenvalue weighted by molar-refractivity contribution is -0.149. The Bertz CT molecular complexity index is 676. The lowest BCUT2D eigenvalue weighted by atomic mass is 10.0. The van der Waals surface area contributed by atoms with Gasteiger partial charge >= 0.3 is 0 Å². The summed E-state index contributed by atoms with van der Waals surface area (Å²) in [6.45, 7) is 1.71. The van der Waals surface area contributed by atoms with E-state index in [2.05, 4.69) is 10.6 Å². The number of piperazine rings is 1. The first-order valence-electron chi connectivity index (χ1n) is 7.72. The smallest absolute Gasteiger partial charge is 0.251 e. The molecule has 0 aromatic heterocycles. The number of aliphatic hydroxyl groups is 1. The van der Waals surface area contributed by atoms with Crippen LogP contribution < -0.4 is 10.6 Å². The first-order valence-corrected chi connectivity index (χ1v) is 8.10. The number of hydrogen-bond donors (Lipinski definition) is 3. The molecule has 2 saturated heterocycles. The highest BCUT2D eigenvalue weighted by molar-refractivity contribution is 6.30. The van der Waals surface area contributed by atoms with E-state index in [1.165, 1.54) is 11.8 Å². The summed E-state index contributed by atoms with van der Waals surface area (Å²) >= 11 is 5.80. The van der Waals surface area contributed by atoms with Crippen LogP contribution in [-0.2, 0) is 9.59 Å². The molecule has 0 radical (unpaired) electrons. The van der Waals surface area contributed by atoms with Crippen molar-refractivity contribution >= 4 is 29.3 Å². The Kier molecular flexibility index (Phi) is 4.47. The Labute approximate surface area is 144 Å². The number of hydrogen-bond acceptors (Lipinski definition) is 4. The van der Waals surface area contributed by atoms with Crippen LogP contribution in [0.15, 0.2) is 24.3 Å². The molecule has 2 aliphatic heterocycles. The summed E-state index contributed by atoms with van der Waals surface area (Å²) in [4.78, 5) is 38.2. The highest BCUT2D eigenvalue weighted by Gasteiger charge is 2.47. The predicted octanol–water partition coefficient (Wildman–Crippen LogP) is -0.0815. The quantitative estimate of drug-likeness (QED) is 0.709. The minimum Gasteiger partial charge on any atom is -0.391 e. The number of benzene rings is 1. The van der Waals surface area contributed by atoms with E-state index in [9.17, 15) is 19.5 Å². The van der Waals surface area contributed by atoms with Crippen molar-refractivity contribution in [2.45, 2.75) is 37.6 Å². The van der Waals surface area contributed by atoms with Gasteiger partial charge in [0, 0.05) is 23.2 Å². The van der Waals surface area contributed by atoms with Crippen LogP contribution in [-0.4, -0.2) is 58.5 Å². The molecule has 2 heterocycles. The molecule has 24 heavy (non-hydrogen) atoms. The second kappa shape index (κ2) is 6.41. The maximum Gasteiger partial charge on any atom is 0.251 e. The second-order valence-corrected chi connectivity index (χ2v) is 6.58. The van der Waals surface area contributed by atoms with E-state index in [4.69, 9.17) is 11.6 Å². The Morgan fingerprint density at radius 3 is 2.67 bits per heavy atom. The zero-order valence-corrected chi connectivity index (χ0v) is 13.8. The van der Waals surface area contributed by atoms with Gasteiger partial charge in [-0.1, -0.05) is 11.6 Å². The number of amides is 3. The Morgan fingerprint density at radius 2 is 2.04 bits per heavy atom. The van der Waals surface area contributed by atoms with Crippen molar-refractivity contribution in [1.82, 2.24) is 15.5 Å². The van der Waals surface area contributed by atoms with Crippen molar-refractivity contribution in [3.05, 3.63) is 34.9 Å². The topological polar surface area (TPSA) is 98.7 Å². The number of nitrogens with one attached hydrogen (secondary N) is 2. The van der Waals surface area contributed by atoms with Crippen LogP contribution in [0.4, 0.5) is 0 Å². The van der Waals surface area contributed by atoms with Gasteiger partial charge in [0.15, 0.2) is 0 Å². The molecule has 0 spiro atoms. The number of nitrogens with zero attached hydrogens (tertiary/aromatic N) is 1. The summed E-state index contributed by atoms with van der Waals surface area (Å²) in [6, 6.07) is 4.61. The largest absolute Gasteiger partial charge is 0.391 e. The lowest BCUT2D eigenvalue weighted by Crippen LogP contribution is -2.64. The molecule has 0 unspecified atom stereocenters. The Balaban J connectivity index is 1.68. The molecular formula is C16H18ClN3O4. The second-order valence-electron chi connectivity index (χ2n) is 6.15. The van der Waals surface area contributed by atoms with Gasteiger partial charge in [0.2, 0.25) is 11.8 Å². The van der Waals surface area contributed by atoms with Gasteiger partial charge in [0.25, 0.3) is 5.91 Å². The Morgan fingerprint density at radius 1 is 1.38 bits per heavy atom. The molecule has 2 aliphatic rings. The van der Waals surface area contributed by atoms with Crippen molar-refractivity contribution < 1.29 is 19.5 Å². The van der Waals surface area contributed by atoms with Gasteiger partial charge in [-0.3, -0.25) is 14.4 Å². The minimum absolute atomic E-state index is 0.249. The average Bonchev–Trinajstić information content (AvgIpc) is 2.96. The van der Waals surface area contributed by atoms with Crippen molar-refractivity contribution in [1.29, 1.82) is 0 Å². The average molecular weight is 352 g/mol. The summed E-state index contributed by atoms with van der Waals surface area (Å²) in [5, 5.41) is 15.5. The van der Waals surface area contributed by atoms with Gasteiger partial charge < -0.3 is 20.6 Å². The van der Waals surface area contributed by atoms with E-state index in [0.29, 0.717) is 17.0 Å². The van der Waals surface area contributed by atoms with E-state index >= 15 is 0 Å². The normalized spacial score (nSPS) is 27.5. The molecule has 3 amide bonds. The van der Waals surface area contributed by atoms with Crippen molar-refractivity contribution in [2.75, 3.05) is 6.54 Å². The summed E-state index contributed by atoms with van der Waals surface area (Å²) in [7, 11) is 0. The van der Waals surface area contributed by atoms with Crippen LogP contribution in [0.25, 0.3) is 0 Å². The van der Waals surface area contributed by atoms with Crippen molar-refractivity contribution in [2.24, 2.45) is 0 Å². The van der Waals surface area contributed by atoms with Crippen LogP contribution in [0.3, 0.4) is 0 Å². The predicted molar refractivity (Wildman–Crippen MR) is 86.4 cm³/mol. The molecule has 7 nitrogen and oxygen atoms in total. The fraction of sp³-hybridized carbons (Fsp3) is 0.438. The SMILES string of the molecule is C[C@@H](O)[C@@H]1NC(=O)[C@@H]2C[C@H](NC(=O)c3ccc(Cl)cc3)CN2C1=O. The zero-order chi connectivity index (χ0) is 17.4. The van der Waals surface area contributed by atoms with Crippen LogP contribution in [0, 0.1) is 0 Å². The van der Waals surface area contributed by atoms with Gasteiger partial charge in [-0.05, 0) is 37.6 Å². The molecule has 0 aliphatic carbocycles. The van der Waals surface area contributed by atoms with Crippen LogP contribution in [0.1, 0.15) is 23.7 Å².